The van der Waals surface area contributed by atoms with Crippen LogP contribution in [0.4, 0.5) is 0 Å². The largest absolute Gasteiger partial charge is 0.306 e. The highest BCUT2D eigenvalue weighted by atomic mass is 32.1. The lowest BCUT2D eigenvalue weighted by Crippen LogP contribution is -2.17. The van der Waals surface area contributed by atoms with E-state index in [1.807, 2.05) is 22.2 Å². The van der Waals surface area contributed by atoms with Crippen molar-refractivity contribution in [3.8, 4) is 0 Å². The monoisotopic (exact) mass is 263 g/mol. The van der Waals surface area contributed by atoms with Crippen molar-refractivity contribution in [2.45, 2.75) is 46.8 Å². The Morgan fingerprint density at radius 1 is 1.44 bits per heavy atom. The molecule has 0 saturated heterocycles. The zero-order chi connectivity index (χ0) is 13.1. The molecule has 1 unspecified atom stereocenters. The molecule has 0 saturated carbocycles. The third-order valence-corrected chi connectivity index (χ3v) is 4.15. The summed E-state index contributed by atoms with van der Waals surface area (Å²) in [7, 11) is 0. The van der Waals surface area contributed by atoms with E-state index < -0.39 is 0 Å². The second-order valence-electron chi connectivity index (χ2n) is 4.68. The van der Waals surface area contributed by atoms with Gasteiger partial charge in [-0.15, -0.1) is 11.3 Å². The number of nitrogens with zero attached hydrogens (tertiary/aromatic N) is 2. The minimum Gasteiger partial charge on any atom is -0.306 e. The third-order valence-electron chi connectivity index (χ3n) is 3.17. The molecule has 1 atom stereocenters. The zero-order valence-corrected chi connectivity index (χ0v) is 12.3. The van der Waals surface area contributed by atoms with Crippen LogP contribution in [-0.2, 0) is 13.1 Å². The van der Waals surface area contributed by atoms with Crippen LogP contribution in [0.5, 0.6) is 0 Å². The summed E-state index contributed by atoms with van der Waals surface area (Å²) in [5.74, 6) is 0. The fourth-order valence-corrected chi connectivity index (χ4v) is 3.15. The molecule has 2 aromatic rings. The molecule has 2 rings (SSSR count). The molecule has 2 aromatic heterocycles. The van der Waals surface area contributed by atoms with Gasteiger partial charge in [0.15, 0.2) is 0 Å². The van der Waals surface area contributed by atoms with Crippen LogP contribution in [0.2, 0.25) is 0 Å². The number of thiophene rings is 1. The molecule has 0 amide bonds. The number of nitrogens with one attached hydrogen (secondary N) is 1. The van der Waals surface area contributed by atoms with Crippen LogP contribution in [0.15, 0.2) is 18.5 Å². The molecule has 0 fully saturated rings. The van der Waals surface area contributed by atoms with Crippen LogP contribution in [0.1, 0.15) is 40.8 Å². The van der Waals surface area contributed by atoms with Gasteiger partial charge in [-0.1, -0.05) is 0 Å². The van der Waals surface area contributed by atoms with E-state index in [1.165, 1.54) is 20.9 Å². The fraction of sp³-hybridized carbons (Fsp3) is 0.500. The normalized spacial score (nSPS) is 12.9. The highest BCUT2D eigenvalue weighted by Gasteiger charge is 2.10. The van der Waals surface area contributed by atoms with Gasteiger partial charge in [-0.25, -0.2) is 0 Å². The Kier molecular flexibility index (Phi) is 4.19. The molecule has 0 aliphatic carbocycles. The molecule has 18 heavy (non-hydrogen) atoms. The van der Waals surface area contributed by atoms with Crippen molar-refractivity contribution < 1.29 is 0 Å². The molecule has 4 heteroatoms. The standard InChI is InChI=1S/C14H21N3S/c1-5-17-9-13(8-16-17)7-15-11(3)14-6-10(2)18-12(14)4/h6,8-9,11,15H,5,7H2,1-4H3. The van der Waals surface area contributed by atoms with Crippen LogP contribution < -0.4 is 5.32 Å². The molecule has 0 aliphatic rings. The van der Waals surface area contributed by atoms with Crippen LogP contribution in [0.25, 0.3) is 0 Å². The first-order valence-corrected chi connectivity index (χ1v) is 7.23. The summed E-state index contributed by atoms with van der Waals surface area (Å²) in [4.78, 5) is 2.80. The lowest BCUT2D eigenvalue weighted by Gasteiger charge is -2.12. The second kappa shape index (κ2) is 5.67. The Labute approximate surface area is 113 Å². The van der Waals surface area contributed by atoms with E-state index in [1.54, 1.807) is 0 Å². The lowest BCUT2D eigenvalue weighted by molar-refractivity contribution is 0.573. The molecular weight excluding hydrogens is 242 g/mol. The molecule has 0 bridgehead atoms. The topological polar surface area (TPSA) is 29.9 Å². The van der Waals surface area contributed by atoms with E-state index in [-0.39, 0.29) is 0 Å². The van der Waals surface area contributed by atoms with Gasteiger partial charge in [0.25, 0.3) is 0 Å². The number of rotatable bonds is 5. The average Bonchev–Trinajstić information content (AvgIpc) is 2.92. The average molecular weight is 263 g/mol. The van der Waals surface area contributed by atoms with Crippen LogP contribution in [0.3, 0.4) is 0 Å². The van der Waals surface area contributed by atoms with E-state index in [9.17, 15) is 0 Å². The van der Waals surface area contributed by atoms with Gasteiger partial charge in [0.05, 0.1) is 6.20 Å². The molecule has 1 N–H and O–H groups in total. The minimum atomic E-state index is 0.389. The van der Waals surface area contributed by atoms with E-state index in [0.29, 0.717) is 6.04 Å². The number of hydrogen-bond acceptors (Lipinski definition) is 3. The summed E-state index contributed by atoms with van der Waals surface area (Å²) in [5.41, 5.74) is 2.66. The quantitative estimate of drug-likeness (QED) is 0.895. The van der Waals surface area contributed by atoms with E-state index in [4.69, 9.17) is 0 Å². The van der Waals surface area contributed by atoms with E-state index >= 15 is 0 Å². The van der Waals surface area contributed by atoms with Crippen molar-refractivity contribution in [1.29, 1.82) is 0 Å². The first-order valence-electron chi connectivity index (χ1n) is 6.41. The van der Waals surface area contributed by atoms with Gasteiger partial charge in [0, 0.05) is 40.6 Å². The maximum Gasteiger partial charge on any atom is 0.0534 e. The van der Waals surface area contributed by atoms with Crippen molar-refractivity contribution in [3.05, 3.63) is 39.3 Å². The van der Waals surface area contributed by atoms with Crippen LogP contribution >= 0.6 is 11.3 Å². The SMILES string of the molecule is CCn1cc(CNC(C)c2cc(C)sc2C)cn1. The van der Waals surface area contributed by atoms with Gasteiger partial charge < -0.3 is 5.32 Å². The number of aryl methyl sites for hydroxylation is 3. The summed E-state index contributed by atoms with van der Waals surface area (Å²) in [5, 5.41) is 7.85. The van der Waals surface area contributed by atoms with Crippen LogP contribution in [0, 0.1) is 13.8 Å². The summed E-state index contributed by atoms with van der Waals surface area (Å²) in [6.45, 7) is 10.5. The maximum atomic E-state index is 4.29. The molecule has 3 nitrogen and oxygen atoms in total. The van der Waals surface area contributed by atoms with E-state index in [0.717, 1.165) is 13.1 Å². The number of hydrogen-bond donors (Lipinski definition) is 1. The second-order valence-corrected chi connectivity index (χ2v) is 6.14. The Morgan fingerprint density at radius 2 is 2.22 bits per heavy atom. The molecule has 0 spiro atoms. The minimum absolute atomic E-state index is 0.389. The predicted molar refractivity (Wildman–Crippen MR) is 76.9 cm³/mol. The van der Waals surface area contributed by atoms with Crippen LogP contribution in [-0.4, -0.2) is 9.78 Å². The highest BCUT2D eigenvalue weighted by molar-refractivity contribution is 7.12. The lowest BCUT2D eigenvalue weighted by atomic mass is 10.1. The van der Waals surface area contributed by atoms with Crippen molar-refractivity contribution in [2.24, 2.45) is 0 Å². The Hall–Kier alpha value is -1.13. The molecular formula is C14H21N3S. The van der Waals surface area contributed by atoms with Crippen molar-refractivity contribution >= 4 is 11.3 Å². The first kappa shape index (κ1) is 13.3. The molecule has 98 valence electrons. The van der Waals surface area contributed by atoms with Gasteiger partial charge in [-0.3, -0.25) is 4.68 Å². The van der Waals surface area contributed by atoms with Crippen molar-refractivity contribution in [1.82, 2.24) is 15.1 Å². The van der Waals surface area contributed by atoms with Gasteiger partial charge in [-0.2, -0.15) is 5.10 Å². The third kappa shape index (κ3) is 3.00. The van der Waals surface area contributed by atoms with E-state index in [2.05, 4.69) is 50.4 Å². The molecule has 0 aromatic carbocycles. The summed E-state index contributed by atoms with van der Waals surface area (Å²) >= 11 is 1.87. The smallest absolute Gasteiger partial charge is 0.0534 e. The summed E-state index contributed by atoms with van der Waals surface area (Å²) in [6, 6.07) is 2.67. The molecule has 0 aliphatic heterocycles. The van der Waals surface area contributed by atoms with Crippen molar-refractivity contribution in [3.63, 3.8) is 0 Å². The van der Waals surface area contributed by atoms with Gasteiger partial charge in [0.1, 0.15) is 0 Å². The fourth-order valence-electron chi connectivity index (χ4n) is 2.13. The van der Waals surface area contributed by atoms with Crippen molar-refractivity contribution in [2.75, 3.05) is 0 Å². The Morgan fingerprint density at radius 3 is 2.78 bits per heavy atom. The van der Waals surface area contributed by atoms with Gasteiger partial charge in [0.2, 0.25) is 0 Å². The van der Waals surface area contributed by atoms with Gasteiger partial charge >= 0.3 is 0 Å². The molecule has 2 heterocycles. The predicted octanol–water partition coefficient (Wildman–Crippen LogP) is 3.43. The zero-order valence-electron chi connectivity index (χ0n) is 11.5. The van der Waals surface area contributed by atoms with Gasteiger partial charge in [-0.05, 0) is 39.3 Å². The molecule has 0 radical (unpaired) electrons. The summed E-state index contributed by atoms with van der Waals surface area (Å²) < 4.78 is 1.96. The summed E-state index contributed by atoms with van der Waals surface area (Å²) in [6.07, 6.45) is 4.04. The first-order chi connectivity index (χ1) is 8.60. The Bertz CT molecular complexity index is 513. The maximum absolute atomic E-state index is 4.29. The highest BCUT2D eigenvalue weighted by Crippen LogP contribution is 2.26. The Balaban J connectivity index is 1.95. The number of aromatic nitrogens is 2.